The van der Waals surface area contributed by atoms with E-state index in [1.165, 1.54) is 0 Å². The van der Waals surface area contributed by atoms with Crippen LogP contribution in [0.15, 0.2) is 121 Å². The molecule has 4 nitrogen and oxygen atoms in total. The molecule has 0 amide bonds. The van der Waals surface area contributed by atoms with Crippen LogP contribution in [0.5, 0.6) is 0 Å². The largest absolute Gasteiger partial charge is 0.399 e. The Kier molecular flexibility index (Phi) is 11.3. The molecular weight excluding hydrogens is 344 g/mol. The molecule has 4 aromatic carbocycles. The van der Waals surface area contributed by atoms with E-state index in [9.17, 15) is 0 Å². The summed E-state index contributed by atoms with van der Waals surface area (Å²) < 4.78 is 0. The van der Waals surface area contributed by atoms with Gasteiger partial charge >= 0.3 is 0 Å². The number of rotatable bonds is 0. The third-order valence-electron chi connectivity index (χ3n) is 3.20. The molecule has 8 N–H and O–H groups in total. The highest BCUT2D eigenvalue weighted by Gasteiger charge is 1.74. The van der Waals surface area contributed by atoms with Gasteiger partial charge in [-0.3, -0.25) is 0 Å². The van der Waals surface area contributed by atoms with Crippen LogP contribution in [0.4, 0.5) is 22.7 Å². The first-order valence-electron chi connectivity index (χ1n) is 8.80. The van der Waals surface area contributed by atoms with Crippen molar-refractivity contribution in [3.8, 4) is 0 Å². The Morgan fingerprint density at radius 1 is 0.250 bits per heavy atom. The number of para-hydroxylation sites is 4. The second-order valence-corrected chi connectivity index (χ2v) is 5.64. The third-order valence-corrected chi connectivity index (χ3v) is 3.20. The van der Waals surface area contributed by atoms with Crippen LogP contribution >= 0.6 is 0 Å². The van der Waals surface area contributed by atoms with Crippen molar-refractivity contribution in [3.05, 3.63) is 121 Å². The number of nitrogens with two attached hydrogens (primary N) is 4. The highest BCUT2D eigenvalue weighted by Crippen LogP contribution is 1.97. The number of nitrogen functional groups attached to an aromatic ring is 4. The zero-order chi connectivity index (χ0) is 20.5. The summed E-state index contributed by atoms with van der Waals surface area (Å²) in [5, 5.41) is 0. The van der Waals surface area contributed by atoms with Gasteiger partial charge in [0.1, 0.15) is 0 Å². The molecule has 0 unspecified atom stereocenters. The van der Waals surface area contributed by atoms with Crippen LogP contribution in [0.25, 0.3) is 0 Å². The quantitative estimate of drug-likeness (QED) is 0.323. The number of hydrogen-bond acceptors (Lipinski definition) is 4. The van der Waals surface area contributed by atoms with Crippen LogP contribution in [0.2, 0.25) is 0 Å². The van der Waals surface area contributed by atoms with Gasteiger partial charge in [-0.15, -0.1) is 0 Å². The predicted molar refractivity (Wildman–Crippen MR) is 123 cm³/mol. The van der Waals surface area contributed by atoms with Crippen LogP contribution in [-0.4, -0.2) is 0 Å². The van der Waals surface area contributed by atoms with E-state index in [2.05, 4.69) is 0 Å². The van der Waals surface area contributed by atoms with E-state index in [1.807, 2.05) is 121 Å². The average Bonchev–Trinajstić information content (AvgIpc) is 2.72. The van der Waals surface area contributed by atoms with Gasteiger partial charge in [0.15, 0.2) is 0 Å². The molecule has 0 saturated heterocycles. The van der Waals surface area contributed by atoms with E-state index in [1.54, 1.807) is 0 Å². The number of anilines is 4. The third kappa shape index (κ3) is 12.4. The van der Waals surface area contributed by atoms with Gasteiger partial charge in [-0.2, -0.15) is 0 Å². The predicted octanol–water partition coefficient (Wildman–Crippen LogP) is 5.08. The second-order valence-electron chi connectivity index (χ2n) is 5.64. The van der Waals surface area contributed by atoms with Crippen molar-refractivity contribution in [3.63, 3.8) is 0 Å². The first-order chi connectivity index (χ1) is 13.6. The normalized spacial score (nSPS) is 8.57. The Morgan fingerprint density at radius 3 is 0.464 bits per heavy atom. The van der Waals surface area contributed by atoms with E-state index in [4.69, 9.17) is 22.9 Å². The van der Waals surface area contributed by atoms with Crippen LogP contribution in [0.3, 0.4) is 0 Å². The molecular formula is C24H28N4. The van der Waals surface area contributed by atoms with Crippen LogP contribution in [-0.2, 0) is 0 Å². The fraction of sp³-hybridized carbons (Fsp3) is 0. The van der Waals surface area contributed by atoms with Gasteiger partial charge in [0, 0.05) is 22.7 Å². The van der Waals surface area contributed by atoms with Crippen molar-refractivity contribution in [2.75, 3.05) is 22.9 Å². The highest BCUT2D eigenvalue weighted by atomic mass is 14.5. The summed E-state index contributed by atoms with van der Waals surface area (Å²) in [5.41, 5.74) is 24.7. The van der Waals surface area contributed by atoms with Crippen molar-refractivity contribution in [1.29, 1.82) is 0 Å². The fourth-order valence-electron chi connectivity index (χ4n) is 1.81. The molecule has 0 spiro atoms. The minimum absolute atomic E-state index is 0.822. The van der Waals surface area contributed by atoms with Gasteiger partial charge in [0.05, 0.1) is 0 Å². The maximum Gasteiger partial charge on any atom is 0.0313 e. The molecule has 0 fully saturated rings. The lowest BCUT2D eigenvalue weighted by atomic mass is 10.3. The molecule has 0 aliphatic heterocycles. The van der Waals surface area contributed by atoms with Gasteiger partial charge in [-0.25, -0.2) is 0 Å². The standard InChI is InChI=1S/4C6H7N/c4*7-6-4-2-1-3-5-6/h4*1-5H,7H2. The summed E-state index contributed by atoms with van der Waals surface area (Å²) in [6.45, 7) is 0. The van der Waals surface area contributed by atoms with Gasteiger partial charge in [-0.05, 0) is 48.5 Å². The Labute approximate surface area is 167 Å². The smallest absolute Gasteiger partial charge is 0.0313 e. The topological polar surface area (TPSA) is 104 Å². The molecule has 0 heterocycles. The van der Waals surface area contributed by atoms with E-state index in [-0.39, 0.29) is 0 Å². The lowest BCUT2D eigenvalue weighted by Crippen LogP contribution is -1.79. The average molecular weight is 373 g/mol. The monoisotopic (exact) mass is 372 g/mol. The molecule has 28 heavy (non-hydrogen) atoms. The van der Waals surface area contributed by atoms with Crippen molar-refractivity contribution in [1.82, 2.24) is 0 Å². The zero-order valence-corrected chi connectivity index (χ0v) is 15.9. The van der Waals surface area contributed by atoms with E-state index < -0.39 is 0 Å². The summed E-state index contributed by atoms with van der Waals surface area (Å²) in [5.74, 6) is 0. The van der Waals surface area contributed by atoms with Crippen LogP contribution < -0.4 is 22.9 Å². The summed E-state index contributed by atoms with van der Waals surface area (Å²) in [6, 6.07) is 37.9. The second kappa shape index (κ2) is 14.3. The summed E-state index contributed by atoms with van der Waals surface area (Å²) in [6.07, 6.45) is 0. The van der Waals surface area contributed by atoms with Crippen molar-refractivity contribution >= 4 is 22.7 Å². The number of hydrogen-bond donors (Lipinski definition) is 4. The molecule has 4 rings (SSSR count). The molecule has 144 valence electrons. The minimum Gasteiger partial charge on any atom is -0.399 e. The van der Waals surface area contributed by atoms with Crippen LogP contribution in [0, 0.1) is 0 Å². The Bertz CT molecular complexity index is 686. The van der Waals surface area contributed by atoms with Gasteiger partial charge in [-0.1, -0.05) is 72.8 Å². The number of benzene rings is 4. The summed E-state index contributed by atoms with van der Waals surface area (Å²) in [7, 11) is 0. The molecule has 0 aromatic heterocycles. The van der Waals surface area contributed by atoms with E-state index in [0.717, 1.165) is 22.7 Å². The minimum atomic E-state index is 0.822. The maximum atomic E-state index is 5.36. The first kappa shape index (κ1) is 22.1. The molecule has 0 aliphatic carbocycles. The molecule has 4 aromatic rings. The molecule has 0 atom stereocenters. The first-order valence-corrected chi connectivity index (χ1v) is 8.80. The summed E-state index contributed by atoms with van der Waals surface area (Å²) >= 11 is 0. The highest BCUT2D eigenvalue weighted by molar-refractivity contribution is 5.37. The molecule has 0 radical (unpaired) electrons. The Hall–Kier alpha value is -3.92. The van der Waals surface area contributed by atoms with Crippen molar-refractivity contribution in [2.45, 2.75) is 0 Å². The molecule has 0 bridgehead atoms. The molecule has 0 aliphatic rings. The van der Waals surface area contributed by atoms with Crippen molar-refractivity contribution < 1.29 is 0 Å². The van der Waals surface area contributed by atoms with Crippen LogP contribution in [0.1, 0.15) is 0 Å². The van der Waals surface area contributed by atoms with Gasteiger partial charge in [0.2, 0.25) is 0 Å². The van der Waals surface area contributed by atoms with Gasteiger partial charge < -0.3 is 22.9 Å². The zero-order valence-electron chi connectivity index (χ0n) is 15.9. The lowest BCUT2D eigenvalue weighted by molar-refractivity contribution is 1.69. The fourth-order valence-corrected chi connectivity index (χ4v) is 1.81. The van der Waals surface area contributed by atoms with E-state index in [0.29, 0.717) is 0 Å². The van der Waals surface area contributed by atoms with Gasteiger partial charge in [0.25, 0.3) is 0 Å². The molecule has 0 saturated carbocycles. The van der Waals surface area contributed by atoms with E-state index >= 15 is 0 Å². The molecule has 4 heteroatoms. The Morgan fingerprint density at radius 2 is 0.393 bits per heavy atom. The van der Waals surface area contributed by atoms with Crippen molar-refractivity contribution in [2.24, 2.45) is 0 Å². The SMILES string of the molecule is Nc1ccccc1.Nc1ccccc1.Nc1ccccc1.Nc1ccccc1. The maximum absolute atomic E-state index is 5.36. The summed E-state index contributed by atoms with van der Waals surface area (Å²) in [4.78, 5) is 0. The Balaban J connectivity index is 0.000000187. The lowest BCUT2D eigenvalue weighted by Gasteiger charge is -1.83.